The van der Waals surface area contributed by atoms with Crippen LogP contribution in [0.2, 0.25) is 0 Å². The van der Waals surface area contributed by atoms with Crippen LogP contribution < -0.4 is 5.32 Å². The van der Waals surface area contributed by atoms with Gasteiger partial charge in [-0.15, -0.1) is 23.7 Å². The molecule has 4 heterocycles. The molecule has 4 aliphatic rings. The molecule has 26 heavy (non-hydrogen) atoms. The number of fused-ring (bicyclic) bond motifs is 4. The van der Waals surface area contributed by atoms with Gasteiger partial charge in [0.05, 0.1) is 4.88 Å². The van der Waals surface area contributed by atoms with Crippen molar-refractivity contribution in [3.05, 3.63) is 34.7 Å². The van der Waals surface area contributed by atoms with E-state index >= 15 is 0 Å². The minimum atomic E-state index is 0. The van der Waals surface area contributed by atoms with Crippen LogP contribution in [-0.2, 0) is 0 Å². The van der Waals surface area contributed by atoms with Crippen LogP contribution in [0.4, 0.5) is 0 Å². The summed E-state index contributed by atoms with van der Waals surface area (Å²) < 4.78 is 1.22. The topological polar surface area (TPSA) is 32.3 Å². The van der Waals surface area contributed by atoms with Crippen LogP contribution in [0.3, 0.4) is 0 Å². The summed E-state index contributed by atoms with van der Waals surface area (Å²) in [5.74, 6) is 1.50. The third-order valence-electron chi connectivity index (χ3n) is 6.69. The molecule has 0 spiro atoms. The molecule has 3 aliphatic heterocycles. The van der Waals surface area contributed by atoms with E-state index in [1.807, 2.05) is 0 Å². The number of piperidine rings is 3. The molecular formula is C21H27ClN2OS. The fourth-order valence-corrected chi connectivity index (χ4v) is 5.88. The summed E-state index contributed by atoms with van der Waals surface area (Å²) in [6.07, 6.45) is 5.06. The smallest absolute Gasteiger partial charge is 0.261 e. The molecule has 0 radical (unpaired) electrons. The maximum absolute atomic E-state index is 13.0. The van der Waals surface area contributed by atoms with Gasteiger partial charge in [-0.25, -0.2) is 0 Å². The normalized spacial score (nSPS) is 29.4. The largest absolute Gasteiger partial charge is 0.346 e. The average Bonchev–Trinajstić information content (AvgIpc) is 3.36. The second-order valence-electron chi connectivity index (χ2n) is 8.61. The van der Waals surface area contributed by atoms with Crippen molar-refractivity contribution in [3.63, 3.8) is 0 Å². The Morgan fingerprint density at radius 1 is 1.15 bits per heavy atom. The fraction of sp³-hybridized carbons (Fsp3) is 0.571. The molecule has 3 saturated heterocycles. The number of carbonyl (C=O) groups excluding carboxylic acids is 1. The van der Waals surface area contributed by atoms with E-state index in [1.165, 1.54) is 54.4 Å². The number of nitrogens with one attached hydrogen (secondary N) is 1. The van der Waals surface area contributed by atoms with Gasteiger partial charge in [-0.1, -0.05) is 12.1 Å². The number of rotatable bonds is 3. The molecule has 1 aromatic heterocycles. The van der Waals surface area contributed by atoms with Gasteiger partial charge in [-0.2, -0.15) is 0 Å². The van der Waals surface area contributed by atoms with Crippen molar-refractivity contribution in [1.29, 1.82) is 0 Å². The molecule has 2 aromatic rings. The Labute approximate surface area is 165 Å². The maximum atomic E-state index is 13.0. The highest BCUT2D eigenvalue weighted by molar-refractivity contribution is 7.20. The lowest BCUT2D eigenvalue weighted by Gasteiger charge is -2.56. The second kappa shape index (κ2) is 6.50. The molecule has 5 heteroatoms. The van der Waals surface area contributed by atoms with Crippen molar-refractivity contribution >= 4 is 39.7 Å². The van der Waals surface area contributed by atoms with Crippen LogP contribution >= 0.6 is 23.7 Å². The summed E-state index contributed by atoms with van der Waals surface area (Å²) >= 11 is 1.63. The van der Waals surface area contributed by atoms with Crippen LogP contribution in [-0.4, -0.2) is 35.5 Å². The van der Waals surface area contributed by atoms with E-state index in [0.29, 0.717) is 5.92 Å². The summed E-state index contributed by atoms with van der Waals surface area (Å²) in [6, 6.07) is 9.08. The molecule has 1 aliphatic carbocycles. The molecule has 3 nitrogen and oxygen atoms in total. The zero-order valence-corrected chi connectivity index (χ0v) is 17.1. The number of carbonyl (C=O) groups is 1. The number of hydrogen-bond acceptors (Lipinski definition) is 3. The van der Waals surface area contributed by atoms with E-state index in [4.69, 9.17) is 0 Å². The van der Waals surface area contributed by atoms with Gasteiger partial charge in [0, 0.05) is 16.3 Å². The quantitative estimate of drug-likeness (QED) is 0.816. The molecular weight excluding hydrogens is 364 g/mol. The zero-order valence-electron chi connectivity index (χ0n) is 15.5. The molecule has 2 bridgehead atoms. The van der Waals surface area contributed by atoms with E-state index in [9.17, 15) is 4.79 Å². The first-order valence-electron chi connectivity index (χ1n) is 9.62. The van der Waals surface area contributed by atoms with Crippen LogP contribution in [0.15, 0.2) is 24.3 Å². The van der Waals surface area contributed by atoms with Crippen molar-refractivity contribution in [2.75, 3.05) is 13.1 Å². The highest BCUT2D eigenvalue weighted by Crippen LogP contribution is 2.42. The number of thiophene rings is 1. The zero-order chi connectivity index (χ0) is 17.2. The van der Waals surface area contributed by atoms with Crippen LogP contribution in [0.25, 0.3) is 10.1 Å². The van der Waals surface area contributed by atoms with E-state index < -0.39 is 0 Å². The van der Waals surface area contributed by atoms with Gasteiger partial charge in [0.25, 0.3) is 5.91 Å². The van der Waals surface area contributed by atoms with Gasteiger partial charge < -0.3 is 5.32 Å². The number of hydrogen-bond donors (Lipinski definition) is 1. The summed E-state index contributed by atoms with van der Waals surface area (Å²) in [6.45, 7) is 6.93. The molecule has 0 unspecified atom stereocenters. The number of nitrogens with zero attached hydrogens (tertiary/aromatic N) is 1. The van der Waals surface area contributed by atoms with Crippen molar-refractivity contribution in [2.24, 2.45) is 5.92 Å². The predicted molar refractivity (Wildman–Crippen MR) is 111 cm³/mol. The number of benzene rings is 1. The molecule has 1 amide bonds. The lowest BCUT2D eigenvalue weighted by Crippen LogP contribution is -2.69. The Kier molecular flexibility index (Phi) is 4.57. The lowest BCUT2D eigenvalue weighted by molar-refractivity contribution is -0.0377. The van der Waals surface area contributed by atoms with Gasteiger partial charge in [0.2, 0.25) is 0 Å². The lowest BCUT2D eigenvalue weighted by atomic mass is 9.72. The minimum Gasteiger partial charge on any atom is -0.346 e. The maximum Gasteiger partial charge on any atom is 0.261 e. The Hall–Kier alpha value is -1.10. The molecule has 6 rings (SSSR count). The van der Waals surface area contributed by atoms with E-state index in [1.54, 1.807) is 11.3 Å². The average molecular weight is 391 g/mol. The van der Waals surface area contributed by atoms with Gasteiger partial charge in [-0.05, 0) is 87.5 Å². The molecule has 140 valence electrons. The van der Waals surface area contributed by atoms with Gasteiger partial charge in [0.15, 0.2) is 0 Å². The third kappa shape index (κ3) is 2.96. The minimum absolute atomic E-state index is 0. The molecule has 1 N–H and O–H groups in total. The van der Waals surface area contributed by atoms with Gasteiger partial charge in [-0.3, -0.25) is 9.69 Å². The Balaban J connectivity index is 0.00000168. The van der Waals surface area contributed by atoms with Crippen molar-refractivity contribution in [2.45, 2.75) is 57.0 Å². The summed E-state index contributed by atoms with van der Waals surface area (Å²) in [7, 11) is 0. The SMILES string of the molecule is CC1(C)[C@@H](NC(=O)c2cc3cc(C4CC4)ccc3s2)C2CCN1CC2.Cl. The fourth-order valence-electron chi connectivity index (χ4n) is 4.93. The van der Waals surface area contributed by atoms with Crippen LogP contribution in [0.5, 0.6) is 0 Å². The number of amides is 1. The third-order valence-corrected chi connectivity index (χ3v) is 7.80. The standard InChI is InChI=1S/C21H26N2OS.ClH/c1-21(2)19(14-7-9-23(21)10-8-14)22-20(24)18-12-16-11-15(13-3-4-13)5-6-17(16)25-18;/h5-6,11-14,19H,3-4,7-10H2,1-2H3,(H,22,24);1H/t19-;/m0./s1. The molecule has 1 atom stereocenters. The van der Waals surface area contributed by atoms with E-state index in [0.717, 1.165) is 10.8 Å². The molecule has 4 fully saturated rings. The first-order chi connectivity index (χ1) is 12.0. The first-order valence-corrected chi connectivity index (χ1v) is 10.4. The highest BCUT2D eigenvalue weighted by Gasteiger charge is 2.48. The van der Waals surface area contributed by atoms with Gasteiger partial charge >= 0.3 is 0 Å². The Morgan fingerprint density at radius 3 is 2.54 bits per heavy atom. The monoisotopic (exact) mass is 390 g/mol. The summed E-state index contributed by atoms with van der Waals surface area (Å²) in [5.41, 5.74) is 1.50. The van der Waals surface area contributed by atoms with Crippen molar-refractivity contribution in [1.82, 2.24) is 10.2 Å². The molecule has 1 saturated carbocycles. The van der Waals surface area contributed by atoms with Crippen molar-refractivity contribution < 1.29 is 4.79 Å². The Morgan fingerprint density at radius 2 is 1.88 bits per heavy atom. The molecule has 1 aromatic carbocycles. The number of halogens is 1. The highest BCUT2D eigenvalue weighted by atomic mass is 35.5. The summed E-state index contributed by atoms with van der Waals surface area (Å²) in [5, 5.41) is 4.63. The van der Waals surface area contributed by atoms with Gasteiger partial charge in [0.1, 0.15) is 0 Å². The van der Waals surface area contributed by atoms with Crippen LogP contribution in [0.1, 0.15) is 60.7 Å². The van der Waals surface area contributed by atoms with Crippen molar-refractivity contribution in [3.8, 4) is 0 Å². The van der Waals surface area contributed by atoms with Crippen LogP contribution in [0, 0.1) is 5.92 Å². The second-order valence-corrected chi connectivity index (χ2v) is 9.70. The summed E-state index contributed by atoms with van der Waals surface area (Å²) in [4.78, 5) is 16.4. The van der Waals surface area contributed by atoms with E-state index in [2.05, 4.69) is 48.3 Å². The first kappa shape index (κ1) is 18.3. The van der Waals surface area contributed by atoms with E-state index in [-0.39, 0.29) is 29.9 Å². The predicted octanol–water partition coefficient (Wildman–Crippen LogP) is 4.80. The Bertz CT molecular complexity index is 834.